The third-order valence-electron chi connectivity index (χ3n) is 3.59. The molecule has 1 aromatic heterocycles. The van der Waals surface area contributed by atoms with E-state index in [4.69, 9.17) is 21.1 Å². The van der Waals surface area contributed by atoms with Crippen LogP contribution in [0.2, 0.25) is 5.02 Å². The molecule has 0 aliphatic carbocycles. The lowest BCUT2D eigenvalue weighted by atomic mass is 10.2. The van der Waals surface area contributed by atoms with Gasteiger partial charge in [0.1, 0.15) is 24.5 Å². The fraction of sp³-hybridized carbons (Fsp3) is 0.400. The number of amides is 1. The van der Waals surface area contributed by atoms with Crippen molar-refractivity contribution in [1.82, 2.24) is 20.3 Å². The van der Waals surface area contributed by atoms with E-state index < -0.39 is 6.10 Å². The number of hydrogen-bond acceptors (Lipinski definition) is 6. The maximum absolute atomic E-state index is 12.0. The van der Waals surface area contributed by atoms with Crippen molar-refractivity contribution in [2.75, 3.05) is 26.4 Å². The fourth-order valence-corrected chi connectivity index (χ4v) is 2.50. The van der Waals surface area contributed by atoms with Gasteiger partial charge in [0, 0.05) is 0 Å². The van der Waals surface area contributed by atoms with Gasteiger partial charge < -0.3 is 19.9 Å². The molecule has 1 amide bonds. The second-order valence-corrected chi connectivity index (χ2v) is 5.70. The number of rotatable bonds is 6. The number of carbonyl (C=O) groups is 1. The van der Waals surface area contributed by atoms with Crippen LogP contribution in [-0.4, -0.2) is 58.5 Å². The monoisotopic (exact) mass is 352 g/mol. The number of carbonyl (C=O) groups excluding carboxylic acids is 1. The molecule has 1 aliphatic rings. The molecule has 0 bridgehead atoms. The van der Waals surface area contributed by atoms with E-state index in [2.05, 4.69) is 15.6 Å². The first-order chi connectivity index (χ1) is 11.6. The van der Waals surface area contributed by atoms with Crippen LogP contribution in [0, 0.1) is 0 Å². The first-order valence-electron chi connectivity index (χ1n) is 7.48. The summed E-state index contributed by atoms with van der Waals surface area (Å²) >= 11 is 5.97. The molecular formula is C15H17ClN4O4. The highest BCUT2D eigenvalue weighted by Crippen LogP contribution is 2.22. The Morgan fingerprint density at radius 2 is 2.29 bits per heavy atom. The van der Waals surface area contributed by atoms with Crippen LogP contribution in [0.15, 0.2) is 30.5 Å². The third kappa shape index (κ3) is 3.84. The number of halogens is 1. The SMILES string of the molecule is O=C(NCCOc1ccccc1Cl)c1cn([C@@H]2COC[C@H]2O)nn1. The summed E-state index contributed by atoms with van der Waals surface area (Å²) in [7, 11) is 0. The molecule has 2 atom stereocenters. The summed E-state index contributed by atoms with van der Waals surface area (Å²) in [6.07, 6.45) is 0.846. The Balaban J connectivity index is 1.47. The van der Waals surface area contributed by atoms with Crippen LogP contribution < -0.4 is 10.1 Å². The summed E-state index contributed by atoms with van der Waals surface area (Å²) in [6, 6.07) is 6.80. The van der Waals surface area contributed by atoms with Gasteiger partial charge in [0.2, 0.25) is 0 Å². The highest BCUT2D eigenvalue weighted by atomic mass is 35.5. The largest absolute Gasteiger partial charge is 0.490 e. The summed E-state index contributed by atoms with van der Waals surface area (Å²) in [5.74, 6) is 0.201. The van der Waals surface area contributed by atoms with E-state index in [9.17, 15) is 9.90 Å². The Kier molecular flexibility index (Phi) is 5.29. The lowest BCUT2D eigenvalue weighted by molar-refractivity contribution is 0.0941. The second kappa shape index (κ2) is 7.61. The molecule has 0 spiro atoms. The average Bonchev–Trinajstić information content (AvgIpc) is 3.21. The number of aliphatic hydroxyl groups excluding tert-OH is 1. The van der Waals surface area contributed by atoms with Gasteiger partial charge in [-0.2, -0.15) is 0 Å². The quantitative estimate of drug-likeness (QED) is 0.741. The molecule has 2 aromatic rings. The maximum Gasteiger partial charge on any atom is 0.273 e. The van der Waals surface area contributed by atoms with Crippen molar-refractivity contribution >= 4 is 17.5 Å². The van der Waals surface area contributed by atoms with Gasteiger partial charge in [-0.25, -0.2) is 4.68 Å². The molecule has 0 radical (unpaired) electrons. The Labute approximate surface area is 143 Å². The van der Waals surface area contributed by atoms with Gasteiger partial charge >= 0.3 is 0 Å². The zero-order chi connectivity index (χ0) is 16.9. The van der Waals surface area contributed by atoms with E-state index in [0.29, 0.717) is 23.9 Å². The van der Waals surface area contributed by atoms with Gasteiger partial charge in [0.15, 0.2) is 5.69 Å². The van der Waals surface area contributed by atoms with E-state index in [1.165, 1.54) is 10.9 Å². The molecule has 3 rings (SSSR count). The minimum atomic E-state index is -0.647. The zero-order valence-corrected chi connectivity index (χ0v) is 13.5. The molecule has 9 heteroatoms. The second-order valence-electron chi connectivity index (χ2n) is 5.29. The topological polar surface area (TPSA) is 98.5 Å². The van der Waals surface area contributed by atoms with Crippen LogP contribution in [0.4, 0.5) is 0 Å². The highest BCUT2D eigenvalue weighted by Gasteiger charge is 2.29. The first kappa shape index (κ1) is 16.7. The van der Waals surface area contributed by atoms with Crippen molar-refractivity contribution in [3.8, 4) is 5.75 Å². The van der Waals surface area contributed by atoms with Crippen molar-refractivity contribution in [1.29, 1.82) is 0 Å². The number of hydrogen-bond donors (Lipinski definition) is 2. The minimum absolute atomic E-state index is 0.173. The standard InChI is InChI=1S/C15H17ClN4O4/c16-10-3-1-2-4-14(10)24-6-5-17-15(22)11-7-20(19-18-11)12-8-23-9-13(12)21/h1-4,7,12-13,21H,5-6,8-9H2,(H,17,22)/t12-,13-/m1/s1. The Morgan fingerprint density at radius 3 is 3.04 bits per heavy atom. The van der Waals surface area contributed by atoms with Gasteiger partial charge in [-0.15, -0.1) is 5.10 Å². The molecule has 2 N–H and O–H groups in total. The molecule has 8 nitrogen and oxygen atoms in total. The van der Waals surface area contributed by atoms with E-state index in [0.717, 1.165) is 0 Å². The van der Waals surface area contributed by atoms with Crippen molar-refractivity contribution < 1.29 is 19.4 Å². The average molecular weight is 353 g/mol. The number of benzene rings is 1. The number of nitrogens with one attached hydrogen (secondary N) is 1. The molecule has 1 aliphatic heterocycles. The van der Waals surface area contributed by atoms with Crippen LogP contribution in [0.5, 0.6) is 5.75 Å². The Morgan fingerprint density at radius 1 is 1.46 bits per heavy atom. The van der Waals surface area contributed by atoms with Crippen molar-refractivity contribution in [3.63, 3.8) is 0 Å². The van der Waals surface area contributed by atoms with Gasteiger partial charge in [-0.05, 0) is 12.1 Å². The predicted molar refractivity (Wildman–Crippen MR) is 85.2 cm³/mol. The Bertz CT molecular complexity index is 708. The molecule has 24 heavy (non-hydrogen) atoms. The zero-order valence-electron chi connectivity index (χ0n) is 12.8. The van der Waals surface area contributed by atoms with Crippen LogP contribution >= 0.6 is 11.6 Å². The Hall–Kier alpha value is -2.16. The van der Waals surface area contributed by atoms with E-state index in [1.807, 2.05) is 12.1 Å². The predicted octanol–water partition coefficient (Wildman–Crippen LogP) is 0.672. The summed E-state index contributed by atoms with van der Waals surface area (Å²) in [6.45, 7) is 1.17. The number of ether oxygens (including phenoxy) is 2. The molecule has 0 saturated carbocycles. The summed E-state index contributed by atoms with van der Waals surface area (Å²) in [5, 5.41) is 20.7. The van der Waals surface area contributed by atoms with E-state index in [-0.39, 0.29) is 30.9 Å². The smallest absolute Gasteiger partial charge is 0.273 e. The minimum Gasteiger partial charge on any atom is -0.490 e. The lowest BCUT2D eigenvalue weighted by Gasteiger charge is -2.10. The number of nitrogens with zero attached hydrogens (tertiary/aromatic N) is 3. The maximum atomic E-state index is 12.0. The van der Waals surface area contributed by atoms with Crippen molar-refractivity contribution in [3.05, 3.63) is 41.2 Å². The van der Waals surface area contributed by atoms with E-state index in [1.54, 1.807) is 12.1 Å². The van der Waals surface area contributed by atoms with Gasteiger partial charge in [-0.1, -0.05) is 28.9 Å². The third-order valence-corrected chi connectivity index (χ3v) is 3.90. The number of aromatic nitrogens is 3. The number of para-hydroxylation sites is 1. The molecule has 1 aromatic carbocycles. The van der Waals surface area contributed by atoms with Crippen LogP contribution in [0.25, 0.3) is 0 Å². The van der Waals surface area contributed by atoms with Crippen LogP contribution in [-0.2, 0) is 4.74 Å². The molecule has 1 saturated heterocycles. The summed E-state index contributed by atoms with van der Waals surface area (Å²) in [4.78, 5) is 12.0. The van der Waals surface area contributed by atoms with Crippen LogP contribution in [0.1, 0.15) is 16.5 Å². The summed E-state index contributed by atoms with van der Waals surface area (Å²) < 4.78 is 12.1. The lowest BCUT2D eigenvalue weighted by Crippen LogP contribution is -2.28. The first-order valence-corrected chi connectivity index (χ1v) is 7.86. The number of aliphatic hydroxyl groups is 1. The van der Waals surface area contributed by atoms with Gasteiger partial charge in [0.25, 0.3) is 5.91 Å². The summed E-state index contributed by atoms with van der Waals surface area (Å²) in [5.41, 5.74) is 0.173. The molecule has 1 fully saturated rings. The molecular weight excluding hydrogens is 336 g/mol. The van der Waals surface area contributed by atoms with E-state index >= 15 is 0 Å². The highest BCUT2D eigenvalue weighted by molar-refractivity contribution is 6.32. The molecule has 128 valence electrons. The van der Waals surface area contributed by atoms with Gasteiger partial charge in [0.05, 0.1) is 31.0 Å². The van der Waals surface area contributed by atoms with Crippen molar-refractivity contribution in [2.45, 2.75) is 12.1 Å². The fourth-order valence-electron chi connectivity index (χ4n) is 2.31. The van der Waals surface area contributed by atoms with Gasteiger partial charge in [-0.3, -0.25) is 4.79 Å². The molecule has 0 unspecified atom stereocenters. The molecule has 2 heterocycles. The van der Waals surface area contributed by atoms with Crippen LogP contribution in [0.3, 0.4) is 0 Å². The van der Waals surface area contributed by atoms with Crippen molar-refractivity contribution in [2.24, 2.45) is 0 Å². The normalized spacial score (nSPS) is 20.1.